The van der Waals surface area contributed by atoms with Crippen LogP contribution in [0.1, 0.15) is 44.0 Å². The number of carbonyl (C=O) groups is 2. The van der Waals surface area contributed by atoms with Crippen LogP contribution >= 0.6 is 11.8 Å². The van der Waals surface area contributed by atoms with Gasteiger partial charge in [0, 0.05) is 18.7 Å². The number of thioether (sulfide) groups is 1. The summed E-state index contributed by atoms with van der Waals surface area (Å²) >= 11 is 1.25. The Morgan fingerprint density at radius 3 is 2.48 bits per heavy atom. The highest BCUT2D eigenvalue weighted by Gasteiger charge is 2.39. The van der Waals surface area contributed by atoms with E-state index in [0.717, 1.165) is 6.42 Å². The summed E-state index contributed by atoms with van der Waals surface area (Å²) in [7, 11) is -1.74. The van der Waals surface area contributed by atoms with Crippen LogP contribution in [0.4, 0.5) is 0 Å². The van der Waals surface area contributed by atoms with E-state index in [1.165, 1.54) is 11.8 Å². The van der Waals surface area contributed by atoms with Gasteiger partial charge < -0.3 is 9.33 Å². The summed E-state index contributed by atoms with van der Waals surface area (Å²) in [5.41, 5.74) is 0.688. The lowest BCUT2D eigenvalue weighted by atomic mass is 10.2. The molecule has 0 N–H and O–H groups in total. The van der Waals surface area contributed by atoms with Gasteiger partial charge in [-0.05, 0) is 24.6 Å². The first kappa shape index (κ1) is 20.2. The van der Waals surface area contributed by atoms with Crippen molar-refractivity contribution < 1.29 is 14.0 Å². The lowest BCUT2D eigenvalue weighted by molar-refractivity contribution is -0.141. The van der Waals surface area contributed by atoms with Gasteiger partial charge in [-0.2, -0.15) is 0 Å². The summed E-state index contributed by atoms with van der Waals surface area (Å²) in [5.74, 6) is 0.130. The van der Waals surface area contributed by atoms with Crippen molar-refractivity contribution in [1.82, 2.24) is 4.90 Å². The number of hydrogen-bond acceptors (Lipinski definition) is 4. The highest BCUT2D eigenvalue weighted by atomic mass is 32.2. The molecule has 2 rings (SSSR count). The molecule has 1 unspecified atom stereocenters. The summed E-state index contributed by atoms with van der Waals surface area (Å²) in [6.45, 7) is 12.5. The van der Waals surface area contributed by atoms with Crippen LogP contribution in [0, 0.1) is 0 Å². The maximum absolute atomic E-state index is 12.3. The summed E-state index contributed by atoms with van der Waals surface area (Å²) in [5, 5.41) is 0.189. The first-order chi connectivity index (χ1) is 11.6. The van der Waals surface area contributed by atoms with Crippen molar-refractivity contribution in [3.05, 3.63) is 35.9 Å². The highest BCUT2D eigenvalue weighted by molar-refractivity contribution is 8.14. The number of benzene rings is 1. The minimum atomic E-state index is -1.74. The average molecular weight is 380 g/mol. The van der Waals surface area contributed by atoms with Crippen LogP contribution < -0.4 is 0 Å². The third-order valence-corrected chi connectivity index (χ3v) is 10.8. The molecule has 1 aliphatic heterocycles. The number of nitrogens with zero attached hydrogens (tertiary/aromatic N) is 1. The second-order valence-corrected chi connectivity index (χ2v) is 13.9. The van der Waals surface area contributed by atoms with Crippen LogP contribution in [0.5, 0.6) is 0 Å². The van der Waals surface area contributed by atoms with Gasteiger partial charge in [0.2, 0.25) is 11.0 Å². The summed E-state index contributed by atoms with van der Waals surface area (Å²) in [6.07, 6.45) is 1.27. The van der Waals surface area contributed by atoms with Crippen LogP contribution in [-0.2, 0) is 9.22 Å². The molecule has 1 atom stereocenters. The van der Waals surface area contributed by atoms with E-state index >= 15 is 0 Å². The molecule has 1 aromatic carbocycles. The molecule has 0 spiro atoms. The van der Waals surface area contributed by atoms with E-state index < -0.39 is 8.32 Å². The third-order valence-electron chi connectivity index (χ3n) is 5.08. The first-order valence-electron chi connectivity index (χ1n) is 8.81. The molecule has 1 aliphatic rings. The maximum Gasteiger partial charge on any atom is 0.226 e. The topological polar surface area (TPSA) is 46.6 Å². The fraction of sp³-hybridized carbons (Fsp3) is 0.579. The largest absolute Gasteiger partial charge is 0.417 e. The predicted octanol–water partition coefficient (Wildman–Crippen LogP) is 4.53. The van der Waals surface area contributed by atoms with Gasteiger partial charge in [0.25, 0.3) is 0 Å². The molecule has 0 radical (unpaired) electrons. The van der Waals surface area contributed by atoms with Crippen LogP contribution in [-0.4, -0.2) is 42.8 Å². The third kappa shape index (κ3) is 5.18. The van der Waals surface area contributed by atoms with Crippen LogP contribution in [0.15, 0.2) is 30.3 Å². The zero-order valence-corrected chi connectivity index (χ0v) is 17.7. The molecule has 1 amide bonds. The molecular formula is C19H29NO3SSi. The van der Waals surface area contributed by atoms with E-state index in [2.05, 4.69) is 33.9 Å². The van der Waals surface area contributed by atoms with Gasteiger partial charge in [0.15, 0.2) is 8.32 Å². The van der Waals surface area contributed by atoms with Gasteiger partial charge in [0.1, 0.15) is 0 Å². The molecule has 1 saturated heterocycles. The Morgan fingerprint density at radius 1 is 1.28 bits per heavy atom. The second-order valence-electron chi connectivity index (χ2n) is 7.98. The highest BCUT2D eigenvalue weighted by Crippen LogP contribution is 2.37. The van der Waals surface area contributed by atoms with Crippen LogP contribution in [0.2, 0.25) is 18.1 Å². The standard InChI is InChI=1S/C19H29NO3SSi/c1-19(2,3)25(4,5)23-13-9-12-20-16(21)14-17(20)24-18(22)15-10-7-6-8-11-15/h6-8,10-11,17H,9,12-14H2,1-5H3. The van der Waals surface area contributed by atoms with E-state index in [1.54, 1.807) is 4.90 Å². The van der Waals surface area contributed by atoms with Crippen molar-refractivity contribution >= 4 is 31.1 Å². The Bertz CT molecular complexity index is 613. The molecule has 1 aromatic rings. The second kappa shape index (κ2) is 8.06. The minimum absolute atomic E-state index is 0.0284. The molecule has 0 aromatic heterocycles. The number of β-lactam (4-membered cyclic amide) rings is 1. The van der Waals surface area contributed by atoms with Crippen molar-refractivity contribution in [2.24, 2.45) is 0 Å². The van der Waals surface area contributed by atoms with Crippen molar-refractivity contribution in [2.45, 2.75) is 57.1 Å². The monoisotopic (exact) mass is 379 g/mol. The number of carbonyl (C=O) groups excluding carboxylic acids is 2. The lowest BCUT2D eigenvalue weighted by Gasteiger charge is -2.40. The molecule has 0 saturated carbocycles. The Labute approximate surface area is 156 Å². The minimum Gasteiger partial charge on any atom is -0.417 e. The van der Waals surface area contributed by atoms with Crippen molar-refractivity contribution in [2.75, 3.05) is 13.2 Å². The molecule has 138 valence electrons. The van der Waals surface area contributed by atoms with E-state index in [1.807, 2.05) is 30.3 Å². The lowest BCUT2D eigenvalue weighted by Crippen LogP contribution is -2.51. The Kier molecular flexibility index (Phi) is 6.51. The zero-order valence-electron chi connectivity index (χ0n) is 15.9. The number of likely N-dealkylation sites (tertiary alicyclic amines) is 1. The van der Waals surface area contributed by atoms with E-state index in [-0.39, 0.29) is 21.4 Å². The summed E-state index contributed by atoms with van der Waals surface area (Å²) < 4.78 is 6.16. The molecule has 0 aliphatic carbocycles. The van der Waals surface area contributed by atoms with E-state index in [9.17, 15) is 9.59 Å². The van der Waals surface area contributed by atoms with Gasteiger partial charge in [-0.1, -0.05) is 62.9 Å². The van der Waals surface area contributed by atoms with E-state index in [0.29, 0.717) is 25.1 Å². The zero-order chi connectivity index (χ0) is 18.7. The predicted molar refractivity (Wildman–Crippen MR) is 106 cm³/mol. The first-order valence-corrected chi connectivity index (χ1v) is 12.6. The number of amides is 1. The van der Waals surface area contributed by atoms with E-state index in [4.69, 9.17) is 4.43 Å². The van der Waals surface area contributed by atoms with Crippen molar-refractivity contribution in [1.29, 1.82) is 0 Å². The molecule has 4 nitrogen and oxygen atoms in total. The normalized spacial score (nSPS) is 18.2. The van der Waals surface area contributed by atoms with Gasteiger partial charge in [-0.15, -0.1) is 0 Å². The molecular weight excluding hydrogens is 350 g/mol. The molecule has 0 bridgehead atoms. The maximum atomic E-state index is 12.3. The molecule has 6 heteroatoms. The number of hydrogen-bond donors (Lipinski definition) is 0. The fourth-order valence-electron chi connectivity index (χ4n) is 2.34. The quantitative estimate of drug-likeness (QED) is 0.397. The summed E-state index contributed by atoms with van der Waals surface area (Å²) in [6, 6.07) is 9.23. The van der Waals surface area contributed by atoms with Gasteiger partial charge in [-0.25, -0.2) is 0 Å². The van der Waals surface area contributed by atoms with Gasteiger partial charge >= 0.3 is 0 Å². The smallest absolute Gasteiger partial charge is 0.226 e. The SMILES string of the molecule is CC(C)(C)[Si](C)(C)OCCCN1C(=O)CC1SC(=O)c1ccccc1. The fourth-order valence-corrected chi connectivity index (χ4v) is 4.53. The van der Waals surface area contributed by atoms with Gasteiger partial charge in [0.05, 0.1) is 11.8 Å². The van der Waals surface area contributed by atoms with Crippen LogP contribution in [0.25, 0.3) is 0 Å². The average Bonchev–Trinajstić information content (AvgIpc) is 2.53. The summed E-state index contributed by atoms with van der Waals surface area (Å²) in [4.78, 5) is 26.0. The molecule has 25 heavy (non-hydrogen) atoms. The Morgan fingerprint density at radius 2 is 1.92 bits per heavy atom. The van der Waals surface area contributed by atoms with Crippen molar-refractivity contribution in [3.8, 4) is 0 Å². The molecule has 1 fully saturated rings. The van der Waals surface area contributed by atoms with Crippen molar-refractivity contribution in [3.63, 3.8) is 0 Å². The molecule has 1 heterocycles. The number of rotatable bonds is 7. The van der Waals surface area contributed by atoms with Crippen LogP contribution in [0.3, 0.4) is 0 Å². The van der Waals surface area contributed by atoms with Gasteiger partial charge in [-0.3, -0.25) is 9.59 Å². The Hall–Kier alpha value is -1.11. The Balaban J connectivity index is 1.78.